The van der Waals surface area contributed by atoms with Crippen LogP contribution in [0.4, 0.5) is 9.59 Å². The van der Waals surface area contributed by atoms with E-state index in [0.29, 0.717) is 0 Å². The van der Waals surface area contributed by atoms with E-state index in [-0.39, 0.29) is 6.54 Å². The highest BCUT2D eigenvalue weighted by Crippen LogP contribution is 2.13. The van der Waals surface area contributed by atoms with E-state index in [2.05, 4.69) is 0 Å². The van der Waals surface area contributed by atoms with Gasteiger partial charge in [0.05, 0.1) is 6.54 Å². The van der Waals surface area contributed by atoms with Gasteiger partial charge in [-0.15, -0.1) is 5.06 Å². The molecule has 25 heavy (non-hydrogen) atoms. The van der Waals surface area contributed by atoms with Gasteiger partial charge in [0.1, 0.15) is 11.2 Å². The summed E-state index contributed by atoms with van der Waals surface area (Å²) in [5, 5.41) is 0.832. The molecule has 0 saturated heterocycles. The zero-order chi connectivity index (χ0) is 19.1. The van der Waals surface area contributed by atoms with Crippen LogP contribution in [0, 0.1) is 0 Å². The fourth-order valence-corrected chi connectivity index (χ4v) is 1.67. The van der Waals surface area contributed by atoms with E-state index in [1.807, 2.05) is 36.4 Å². The van der Waals surface area contributed by atoms with E-state index in [1.54, 1.807) is 47.6 Å². The number of nitrogens with zero attached hydrogens (tertiary/aromatic N) is 1. The van der Waals surface area contributed by atoms with Gasteiger partial charge < -0.3 is 9.47 Å². The Balaban J connectivity index is 2.78. The third kappa shape index (κ3) is 9.39. The first-order chi connectivity index (χ1) is 11.5. The molecule has 0 aromatic heterocycles. The van der Waals surface area contributed by atoms with Crippen molar-refractivity contribution in [1.82, 2.24) is 5.06 Å². The molecular weight excluding hydrogens is 322 g/mol. The van der Waals surface area contributed by atoms with Gasteiger partial charge in [-0.25, -0.2) is 9.59 Å². The molecule has 6 nitrogen and oxygen atoms in total. The first-order valence-corrected chi connectivity index (χ1v) is 8.09. The topological polar surface area (TPSA) is 65.1 Å². The van der Waals surface area contributed by atoms with Crippen molar-refractivity contribution in [3.05, 3.63) is 42.0 Å². The zero-order valence-electron chi connectivity index (χ0n) is 15.7. The second-order valence-electron chi connectivity index (χ2n) is 7.41. The lowest BCUT2D eigenvalue weighted by molar-refractivity contribution is -0.130. The lowest BCUT2D eigenvalue weighted by Gasteiger charge is -2.26. The average molecular weight is 349 g/mol. The Morgan fingerprint density at radius 3 is 2.04 bits per heavy atom. The standard InChI is InChI=1S/C19H27NO5/c1-18(2,3)23-16(21)20(25-17(22)24-19(4,5)6)14-10-13-15-11-8-7-9-12-15/h7-13H,14H2,1-6H3/b13-10+. The summed E-state index contributed by atoms with van der Waals surface area (Å²) < 4.78 is 10.3. The van der Waals surface area contributed by atoms with Crippen molar-refractivity contribution in [3.63, 3.8) is 0 Å². The Morgan fingerprint density at radius 1 is 0.960 bits per heavy atom. The van der Waals surface area contributed by atoms with E-state index in [0.717, 1.165) is 10.6 Å². The molecule has 0 heterocycles. The largest absolute Gasteiger partial charge is 0.534 e. The number of hydroxylamine groups is 2. The Bertz CT molecular complexity index is 596. The van der Waals surface area contributed by atoms with E-state index in [4.69, 9.17) is 14.3 Å². The molecule has 0 fully saturated rings. The predicted octanol–water partition coefficient (Wildman–Crippen LogP) is 4.80. The molecule has 0 N–H and O–H groups in total. The third-order valence-corrected chi connectivity index (χ3v) is 2.55. The van der Waals surface area contributed by atoms with Crippen molar-refractivity contribution in [2.45, 2.75) is 52.7 Å². The van der Waals surface area contributed by atoms with Gasteiger partial charge in [0, 0.05) is 0 Å². The molecule has 0 aliphatic heterocycles. The minimum atomic E-state index is -0.966. The number of rotatable bonds is 3. The van der Waals surface area contributed by atoms with Crippen LogP contribution in [0.2, 0.25) is 0 Å². The van der Waals surface area contributed by atoms with Crippen molar-refractivity contribution in [2.24, 2.45) is 0 Å². The Kier molecular flexibility index (Phi) is 7.03. The maximum Gasteiger partial charge on any atom is 0.534 e. The predicted molar refractivity (Wildman–Crippen MR) is 95.7 cm³/mol. The highest BCUT2D eigenvalue weighted by atomic mass is 16.8. The SMILES string of the molecule is CC(C)(C)OC(=O)ON(C/C=C/c1ccccc1)C(=O)OC(C)(C)C. The Labute approximate surface area is 149 Å². The highest BCUT2D eigenvalue weighted by molar-refractivity contribution is 5.70. The minimum absolute atomic E-state index is 0.0308. The molecule has 0 radical (unpaired) electrons. The summed E-state index contributed by atoms with van der Waals surface area (Å²) in [6.45, 7) is 10.4. The van der Waals surface area contributed by atoms with E-state index in [9.17, 15) is 9.59 Å². The molecule has 0 unspecified atom stereocenters. The number of amides is 1. The monoisotopic (exact) mass is 349 g/mol. The van der Waals surface area contributed by atoms with E-state index in [1.165, 1.54) is 0 Å². The molecule has 0 bridgehead atoms. The number of hydrogen-bond donors (Lipinski definition) is 0. The smallest absolute Gasteiger partial charge is 0.442 e. The van der Waals surface area contributed by atoms with Crippen molar-refractivity contribution in [1.29, 1.82) is 0 Å². The van der Waals surface area contributed by atoms with Crippen LogP contribution in [0.5, 0.6) is 0 Å². The van der Waals surface area contributed by atoms with Gasteiger partial charge in [0.15, 0.2) is 0 Å². The summed E-state index contributed by atoms with van der Waals surface area (Å²) >= 11 is 0. The lowest BCUT2D eigenvalue weighted by Crippen LogP contribution is -2.39. The summed E-state index contributed by atoms with van der Waals surface area (Å²) in [5.41, 5.74) is -0.476. The summed E-state index contributed by atoms with van der Waals surface area (Å²) in [5.74, 6) is 0. The summed E-state index contributed by atoms with van der Waals surface area (Å²) in [6, 6.07) is 9.56. The van der Waals surface area contributed by atoms with Gasteiger partial charge in [-0.1, -0.05) is 42.5 Å². The Hall–Kier alpha value is -2.50. The quantitative estimate of drug-likeness (QED) is 0.579. The number of benzene rings is 1. The van der Waals surface area contributed by atoms with Gasteiger partial charge in [0.25, 0.3) is 0 Å². The van der Waals surface area contributed by atoms with Gasteiger partial charge in [0.2, 0.25) is 0 Å². The van der Waals surface area contributed by atoms with Crippen LogP contribution in [0.3, 0.4) is 0 Å². The first kappa shape index (κ1) is 20.5. The zero-order valence-corrected chi connectivity index (χ0v) is 15.7. The van der Waals surface area contributed by atoms with Crippen LogP contribution in [-0.2, 0) is 14.3 Å². The van der Waals surface area contributed by atoms with Crippen LogP contribution < -0.4 is 0 Å². The van der Waals surface area contributed by atoms with Gasteiger partial charge in [-0.2, -0.15) is 0 Å². The fraction of sp³-hybridized carbons (Fsp3) is 0.474. The second-order valence-corrected chi connectivity index (χ2v) is 7.41. The van der Waals surface area contributed by atoms with Crippen molar-refractivity contribution in [3.8, 4) is 0 Å². The summed E-state index contributed by atoms with van der Waals surface area (Å²) in [7, 11) is 0. The summed E-state index contributed by atoms with van der Waals surface area (Å²) in [4.78, 5) is 29.1. The van der Waals surface area contributed by atoms with E-state index >= 15 is 0 Å². The molecule has 0 atom stereocenters. The molecule has 1 amide bonds. The van der Waals surface area contributed by atoms with Gasteiger partial charge in [-0.05, 0) is 47.1 Å². The van der Waals surface area contributed by atoms with Crippen LogP contribution >= 0.6 is 0 Å². The normalized spacial score (nSPS) is 11.9. The maximum absolute atomic E-state index is 12.2. The first-order valence-electron chi connectivity index (χ1n) is 8.09. The molecule has 138 valence electrons. The molecule has 0 saturated carbocycles. The minimum Gasteiger partial charge on any atom is -0.442 e. The van der Waals surface area contributed by atoms with Crippen molar-refractivity contribution < 1.29 is 23.9 Å². The second kappa shape index (κ2) is 8.55. The molecule has 1 aromatic carbocycles. The van der Waals surface area contributed by atoms with Gasteiger partial charge in [-0.3, -0.25) is 4.84 Å². The molecular formula is C19H27NO5. The number of ether oxygens (including phenoxy) is 2. The Morgan fingerprint density at radius 2 is 1.52 bits per heavy atom. The van der Waals surface area contributed by atoms with Crippen LogP contribution in [0.15, 0.2) is 36.4 Å². The maximum atomic E-state index is 12.2. The average Bonchev–Trinajstić information content (AvgIpc) is 2.43. The molecule has 0 aliphatic rings. The van der Waals surface area contributed by atoms with Crippen LogP contribution in [-0.4, -0.2) is 35.1 Å². The van der Waals surface area contributed by atoms with Crippen LogP contribution in [0.1, 0.15) is 47.1 Å². The van der Waals surface area contributed by atoms with Gasteiger partial charge >= 0.3 is 12.2 Å². The van der Waals surface area contributed by atoms with Crippen LogP contribution in [0.25, 0.3) is 6.08 Å². The lowest BCUT2D eigenvalue weighted by atomic mass is 10.2. The molecule has 0 spiro atoms. The molecule has 1 aromatic rings. The third-order valence-electron chi connectivity index (χ3n) is 2.55. The van der Waals surface area contributed by atoms with E-state index < -0.39 is 23.5 Å². The fourth-order valence-electron chi connectivity index (χ4n) is 1.67. The van der Waals surface area contributed by atoms with Crippen molar-refractivity contribution in [2.75, 3.05) is 6.54 Å². The summed E-state index contributed by atoms with van der Waals surface area (Å²) in [6.07, 6.45) is 1.78. The molecule has 0 aliphatic carbocycles. The highest BCUT2D eigenvalue weighted by Gasteiger charge is 2.27. The van der Waals surface area contributed by atoms with Crippen molar-refractivity contribution >= 4 is 18.3 Å². The molecule has 6 heteroatoms. The molecule has 1 rings (SSSR count). The number of carbonyl (C=O) groups is 2. The number of hydrogen-bond acceptors (Lipinski definition) is 5. The number of carbonyl (C=O) groups excluding carboxylic acids is 2.